The molecule has 0 aliphatic heterocycles. The van der Waals surface area contributed by atoms with E-state index in [1.807, 2.05) is 0 Å². The van der Waals surface area contributed by atoms with Crippen LogP contribution in [0.4, 0.5) is 10.1 Å². The van der Waals surface area contributed by atoms with Crippen LogP contribution in [-0.4, -0.2) is 5.78 Å². The highest BCUT2D eigenvalue weighted by molar-refractivity contribution is 9.10. The van der Waals surface area contributed by atoms with Gasteiger partial charge >= 0.3 is 0 Å². The molecule has 2 aromatic carbocycles. The summed E-state index contributed by atoms with van der Waals surface area (Å²) < 4.78 is 14.3. The molecule has 2 nitrogen and oxygen atoms in total. The Morgan fingerprint density at radius 1 is 1.17 bits per heavy atom. The molecule has 0 fully saturated rings. The maximum atomic E-state index is 13.7. The number of nitrogen functional groups attached to an aromatic ring is 1. The van der Waals surface area contributed by atoms with Gasteiger partial charge in [0.1, 0.15) is 5.82 Å². The molecular formula is C14H11BrFNO. The summed E-state index contributed by atoms with van der Waals surface area (Å²) in [5.41, 5.74) is 7.46. The van der Waals surface area contributed by atoms with Gasteiger partial charge < -0.3 is 5.73 Å². The average molecular weight is 308 g/mol. The van der Waals surface area contributed by atoms with E-state index >= 15 is 0 Å². The molecule has 0 amide bonds. The first kappa shape index (κ1) is 12.8. The molecule has 0 atom stereocenters. The number of benzene rings is 2. The SMILES string of the molecule is Cc1cc(N)ccc1C(=O)c1cc(Br)ccc1F. The molecule has 0 radical (unpaired) electrons. The average Bonchev–Trinajstić information content (AvgIpc) is 2.31. The van der Waals surface area contributed by atoms with Gasteiger partial charge in [-0.25, -0.2) is 4.39 Å². The Kier molecular flexibility index (Phi) is 3.48. The van der Waals surface area contributed by atoms with Crippen molar-refractivity contribution in [2.75, 3.05) is 5.73 Å². The second-order valence-electron chi connectivity index (χ2n) is 4.03. The Hall–Kier alpha value is -1.68. The fourth-order valence-electron chi connectivity index (χ4n) is 1.76. The van der Waals surface area contributed by atoms with Crippen LogP contribution in [0.2, 0.25) is 0 Å². The minimum Gasteiger partial charge on any atom is -0.399 e. The molecule has 92 valence electrons. The van der Waals surface area contributed by atoms with E-state index in [4.69, 9.17) is 5.73 Å². The third-order valence-electron chi connectivity index (χ3n) is 2.67. The lowest BCUT2D eigenvalue weighted by atomic mass is 9.98. The Morgan fingerprint density at radius 3 is 2.56 bits per heavy atom. The number of halogens is 2. The van der Waals surface area contributed by atoms with Gasteiger partial charge in [0, 0.05) is 15.7 Å². The van der Waals surface area contributed by atoms with E-state index in [1.54, 1.807) is 31.2 Å². The van der Waals surface area contributed by atoms with Gasteiger partial charge in [-0.05, 0) is 48.9 Å². The molecule has 4 heteroatoms. The predicted molar refractivity (Wildman–Crippen MR) is 73.1 cm³/mol. The summed E-state index contributed by atoms with van der Waals surface area (Å²) in [6.45, 7) is 1.78. The largest absolute Gasteiger partial charge is 0.399 e. The van der Waals surface area contributed by atoms with Crippen molar-refractivity contribution < 1.29 is 9.18 Å². The number of carbonyl (C=O) groups excluding carboxylic acids is 1. The quantitative estimate of drug-likeness (QED) is 0.679. The normalized spacial score (nSPS) is 10.4. The topological polar surface area (TPSA) is 43.1 Å². The van der Waals surface area contributed by atoms with Crippen LogP contribution in [-0.2, 0) is 0 Å². The van der Waals surface area contributed by atoms with Crippen LogP contribution in [0.25, 0.3) is 0 Å². The Balaban J connectivity index is 2.51. The van der Waals surface area contributed by atoms with Gasteiger partial charge in [-0.3, -0.25) is 4.79 Å². The third kappa shape index (κ3) is 2.43. The molecule has 0 bridgehead atoms. The van der Waals surface area contributed by atoms with Crippen molar-refractivity contribution >= 4 is 27.4 Å². The van der Waals surface area contributed by atoms with E-state index in [2.05, 4.69) is 15.9 Å². The molecule has 0 aliphatic rings. The number of hydrogen-bond acceptors (Lipinski definition) is 2. The highest BCUT2D eigenvalue weighted by Crippen LogP contribution is 2.21. The van der Waals surface area contributed by atoms with Gasteiger partial charge in [0.05, 0.1) is 5.56 Å². The summed E-state index contributed by atoms with van der Waals surface area (Å²) in [5.74, 6) is -0.870. The number of ketones is 1. The first-order chi connectivity index (χ1) is 8.49. The third-order valence-corrected chi connectivity index (χ3v) is 3.16. The van der Waals surface area contributed by atoms with Gasteiger partial charge in [0.15, 0.2) is 5.78 Å². The van der Waals surface area contributed by atoms with Crippen LogP contribution in [0.3, 0.4) is 0 Å². The molecule has 0 unspecified atom stereocenters. The number of rotatable bonds is 2. The first-order valence-electron chi connectivity index (χ1n) is 5.35. The second kappa shape index (κ2) is 4.90. The lowest BCUT2D eigenvalue weighted by Crippen LogP contribution is -2.06. The molecule has 0 aromatic heterocycles. The standard InChI is InChI=1S/C14H11BrFNO/c1-8-6-10(17)3-4-11(8)14(18)12-7-9(15)2-5-13(12)16/h2-7H,17H2,1H3. The van der Waals surface area contributed by atoms with Crippen molar-refractivity contribution in [3.63, 3.8) is 0 Å². The molecule has 0 aliphatic carbocycles. The fourth-order valence-corrected chi connectivity index (χ4v) is 2.12. The van der Waals surface area contributed by atoms with Crippen molar-refractivity contribution in [3.05, 3.63) is 63.4 Å². The number of anilines is 1. The van der Waals surface area contributed by atoms with Crippen LogP contribution in [0.15, 0.2) is 40.9 Å². The van der Waals surface area contributed by atoms with E-state index in [0.717, 1.165) is 5.56 Å². The van der Waals surface area contributed by atoms with Crippen molar-refractivity contribution in [3.8, 4) is 0 Å². The summed E-state index contributed by atoms with van der Waals surface area (Å²) in [6.07, 6.45) is 0. The van der Waals surface area contributed by atoms with Gasteiger partial charge in [0.2, 0.25) is 0 Å². The zero-order chi connectivity index (χ0) is 13.3. The zero-order valence-corrected chi connectivity index (χ0v) is 11.3. The number of carbonyl (C=O) groups is 1. The number of nitrogens with two attached hydrogens (primary N) is 1. The maximum absolute atomic E-state index is 13.7. The molecular weight excluding hydrogens is 297 g/mol. The molecule has 2 N–H and O–H groups in total. The summed E-state index contributed by atoms with van der Waals surface area (Å²) >= 11 is 3.23. The summed E-state index contributed by atoms with van der Waals surface area (Å²) in [6, 6.07) is 9.26. The van der Waals surface area contributed by atoms with E-state index in [9.17, 15) is 9.18 Å². The molecule has 0 saturated carbocycles. The van der Waals surface area contributed by atoms with E-state index < -0.39 is 5.82 Å². The van der Waals surface area contributed by atoms with Crippen LogP contribution < -0.4 is 5.73 Å². The smallest absolute Gasteiger partial charge is 0.196 e. The van der Waals surface area contributed by atoms with Crippen molar-refractivity contribution in [1.29, 1.82) is 0 Å². The van der Waals surface area contributed by atoms with Gasteiger partial charge in [-0.15, -0.1) is 0 Å². The van der Waals surface area contributed by atoms with E-state index in [1.165, 1.54) is 12.1 Å². The van der Waals surface area contributed by atoms with E-state index in [-0.39, 0.29) is 11.3 Å². The molecule has 18 heavy (non-hydrogen) atoms. The lowest BCUT2D eigenvalue weighted by molar-refractivity contribution is 0.103. The van der Waals surface area contributed by atoms with Gasteiger partial charge in [-0.1, -0.05) is 15.9 Å². The molecule has 0 spiro atoms. The highest BCUT2D eigenvalue weighted by Gasteiger charge is 2.16. The van der Waals surface area contributed by atoms with E-state index in [0.29, 0.717) is 15.7 Å². The highest BCUT2D eigenvalue weighted by atomic mass is 79.9. The molecule has 0 heterocycles. The Bertz CT molecular complexity index is 625. The predicted octanol–water partition coefficient (Wildman–Crippen LogP) is 3.71. The Labute approximate surface area is 113 Å². The Morgan fingerprint density at radius 2 is 1.89 bits per heavy atom. The summed E-state index contributed by atoms with van der Waals surface area (Å²) in [7, 11) is 0. The molecule has 2 aromatic rings. The summed E-state index contributed by atoms with van der Waals surface area (Å²) in [5, 5.41) is 0. The minimum atomic E-state index is -0.528. The van der Waals surface area contributed by atoms with Gasteiger partial charge in [-0.2, -0.15) is 0 Å². The lowest BCUT2D eigenvalue weighted by Gasteiger charge is -2.07. The van der Waals surface area contributed by atoms with Crippen molar-refractivity contribution in [2.45, 2.75) is 6.92 Å². The molecule has 2 rings (SSSR count). The van der Waals surface area contributed by atoms with Crippen molar-refractivity contribution in [1.82, 2.24) is 0 Å². The minimum absolute atomic E-state index is 0.0530. The van der Waals surface area contributed by atoms with Gasteiger partial charge in [0.25, 0.3) is 0 Å². The number of aryl methyl sites for hydroxylation is 1. The maximum Gasteiger partial charge on any atom is 0.196 e. The van der Waals surface area contributed by atoms with Crippen LogP contribution >= 0.6 is 15.9 Å². The fraction of sp³-hybridized carbons (Fsp3) is 0.0714. The van der Waals surface area contributed by atoms with Crippen molar-refractivity contribution in [2.24, 2.45) is 0 Å². The summed E-state index contributed by atoms with van der Waals surface area (Å²) in [4.78, 5) is 12.2. The van der Waals surface area contributed by atoms with Crippen LogP contribution in [0.1, 0.15) is 21.5 Å². The monoisotopic (exact) mass is 307 g/mol. The first-order valence-corrected chi connectivity index (χ1v) is 6.14. The van der Waals surface area contributed by atoms with Crippen LogP contribution in [0, 0.1) is 12.7 Å². The molecule has 0 saturated heterocycles. The zero-order valence-electron chi connectivity index (χ0n) is 9.71. The van der Waals surface area contributed by atoms with Crippen LogP contribution in [0.5, 0.6) is 0 Å². The number of hydrogen-bond donors (Lipinski definition) is 1. The second-order valence-corrected chi connectivity index (χ2v) is 4.94.